The zero-order valence-corrected chi connectivity index (χ0v) is 11.9. The Morgan fingerprint density at radius 2 is 1.68 bits per heavy atom. The van der Waals surface area contributed by atoms with Gasteiger partial charge in [0.2, 0.25) is 5.89 Å². The first-order valence-corrected chi connectivity index (χ1v) is 6.68. The van der Waals surface area contributed by atoms with E-state index in [-0.39, 0.29) is 11.5 Å². The van der Waals surface area contributed by atoms with Crippen LogP contribution in [0.1, 0.15) is 19.4 Å². The Morgan fingerprint density at radius 3 is 2.32 bits per heavy atom. The molecule has 6 heteroatoms. The molecule has 0 aliphatic carbocycles. The van der Waals surface area contributed by atoms with Crippen molar-refractivity contribution >= 4 is 11.1 Å². The zero-order valence-electron chi connectivity index (χ0n) is 11.9. The number of hydrogen-bond donors (Lipinski definition) is 0. The molecule has 0 amide bonds. The quantitative estimate of drug-likeness (QED) is 0.540. The topological polar surface area (TPSA) is 26.0 Å². The largest absolute Gasteiger partial charge is 0.436 e. The van der Waals surface area contributed by atoms with Crippen LogP contribution in [0.15, 0.2) is 46.9 Å². The molecule has 0 saturated carbocycles. The summed E-state index contributed by atoms with van der Waals surface area (Å²) in [5, 5.41) is 0. The lowest BCUT2D eigenvalue weighted by atomic mass is 10.1. The maximum Gasteiger partial charge on any atom is 0.416 e. The summed E-state index contributed by atoms with van der Waals surface area (Å²) in [6.45, 7) is 4.00. The van der Waals surface area contributed by atoms with E-state index < -0.39 is 17.6 Å². The molecule has 116 valence electrons. The predicted octanol–water partition coefficient (Wildman–Crippen LogP) is 5.68. The monoisotopic (exact) mass is 311 g/mol. The summed E-state index contributed by atoms with van der Waals surface area (Å²) in [5.74, 6) is -0.987. The van der Waals surface area contributed by atoms with Gasteiger partial charge in [0.1, 0.15) is 11.3 Å². The number of aromatic nitrogens is 1. The molecule has 3 aromatic rings. The van der Waals surface area contributed by atoms with Crippen molar-refractivity contribution in [1.29, 1.82) is 0 Å². The van der Waals surface area contributed by atoms with Crippen LogP contribution in [0.25, 0.3) is 22.6 Å². The van der Waals surface area contributed by atoms with Crippen molar-refractivity contribution in [2.45, 2.75) is 20.0 Å². The van der Waals surface area contributed by atoms with Gasteiger partial charge in [0.05, 0.1) is 11.1 Å². The van der Waals surface area contributed by atoms with E-state index in [9.17, 15) is 17.6 Å². The standard InChI is InChI=1S/C14H7F4NO.C2H6/c15-10-6-5-8(14(16,17)18)7-9(10)13-19-11-3-1-2-4-12(11)20-13;1-2/h1-7H;1-2H3. The van der Waals surface area contributed by atoms with Crippen molar-refractivity contribution in [3.8, 4) is 11.5 Å². The second-order valence-electron chi connectivity index (χ2n) is 4.18. The van der Waals surface area contributed by atoms with Gasteiger partial charge in [-0.1, -0.05) is 26.0 Å². The molecule has 0 fully saturated rings. The molecule has 0 aliphatic rings. The minimum Gasteiger partial charge on any atom is -0.436 e. The van der Waals surface area contributed by atoms with Gasteiger partial charge in [-0.05, 0) is 30.3 Å². The van der Waals surface area contributed by atoms with Crippen molar-refractivity contribution in [2.75, 3.05) is 0 Å². The molecule has 1 aromatic heterocycles. The minimum atomic E-state index is -4.55. The molecule has 1 heterocycles. The molecule has 0 N–H and O–H groups in total. The lowest BCUT2D eigenvalue weighted by Crippen LogP contribution is -2.05. The van der Waals surface area contributed by atoms with Gasteiger partial charge >= 0.3 is 6.18 Å². The SMILES string of the molecule is CC.Fc1ccc(C(F)(F)F)cc1-c1nc2ccccc2o1. The Hall–Kier alpha value is -2.37. The molecular formula is C16H13F4NO. The van der Waals surface area contributed by atoms with Crippen LogP contribution >= 0.6 is 0 Å². The highest BCUT2D eigenvalue weighted by Gasteiger charge is 2.31. The molecule has 0 atom stereocenters. The minimum absolute atomic E-state index is 0.171. The highest BCUT2D eigenvalue weighted by Crippen LogP contribution is 2.34. The molecule has 0 unspecified atom stereocenters. The van der Waals surface area contributed by atoms with Gasteiger partial charge in [-0.3, -0.25) is 0 Å². The fraction of sp³-hybridized carbons (Fsp3) is 0.188. The van der Waals surface area contributed by atoms with E-state index in [1.807, 2.05) is 13.8 Å². The first-order chi connectivity index (χ1) is 10.4. The lowest BCUT2D eigenvalue weighted by Gasteiger charge is -2.07. The van der Waals surface area contributed by atoms with Gasteiger partial charge in [0.25, 0.3) is 0 Å². The van der Waals surface area contributed by atoms with Crippen molar-refractivity contribution in [3.63, 3.8) is 0 Å². The number of alkyl halides is 3. The number of halogens is 4. The molecule has 0 bridgehead atoms. The van der Waals surface area contributed by atoms with Gasteiger partial charge in [-0.15, -0.1) is 0 Å². The summed E-state index contributed by atoms with van der Waals surface area (Å²) >= 11 is 0. The lowest BCUT2D eigenvalue weighted by molar-refractivity contribution is -0.137. The van der Waals surface area contributed by atoms with E-state index in [1.165, 1.54) is 0 Å². The predicted molar refractivity (Wildman–Crippen MR) is 75.8 cm³/mol. The summed E-state index contributed by atoms with van der Waals surface area (Å²) in [5.41, 5.74) is -0.411. The van der Waals surface area contributed by atoms with Crippen LogP contribution in [0.2, 0.25) is 0 Å². The van der Waals surface area contributed by atoms with Crippen molar-refractivity contribution in [3.05, 3.63) is 53.8 Å². The molecule has 2 nitrogen and oxygen atoms in total. The van der Waals surface area contributed by atoms with E-state index in [0.29, 0.717) is 23.2 Å². The Kier molecular flexibility index (Phi) is 4.49. The Labute approximate surface area is 124 Å². The van der Waals surface area contributed by atoms with E-state index in [1.54, 1.807) is 24.3 Å². The van der Waals surface area contributed by atoms with Crippen molar-refractivity contribution < 1.29 is 22.0 Å². The summed E-state index contributed by atoms with van der Waals surface area (Å²) in [6, 6.07) is 8.77. The average molecular weight is 311 g/mol. The second kappa shape index (κ2) is 6.17. The molecule has 0 radical (unpaired) electrons. The molecule has 2 aromatic carbocycles. The third kappa shape index (κ3) is 3.10. The van der Waals surface area contributed by atoms with Gasteiger partial charge < -0.3 is 4.42 Å². The van der Waals surface area contributed by atoms with Crippen LogP contribution in [-0.2, 0) is 6.18 Å². The zero-order chi connectivity index (χ0) is 16.3. The number of nitrogens with zero attached hydrogens (tertiary/aromatic N) is 1. The Balaban J connectivity index is 0.000000847. The van der Waals surface area contributed by atoms with Gasteiger partial charge in [0.15, 0.2) is 5.58 Å². The Bertz CT molecular complexity index is 744. The first kappa shape index (κ1) is 16.0. The Morgan fingerprint density at radius 1 is 1.00 bits per heavy atom. The van der Waals surface area contributed by atoms with Crippen LogP contribution in [0, 0.1) is 5.82 Å². The van der Waals surface area contributed by atoms with Crippen molar-refractivity contribution in [2.24, 2.45) is 0 Å². The van der Waals surface area contributed by atoms with Gasteiger partial charge in [0, 0.05) is 0 Å². The molecule has 0 spiro atoms. The molecule has 0 aliphatic heterocycles. The third-order valence-corrected chi connectivity index (χ3v) is 2.82. The van der Waals surface area contributed by atoms with Gasteiger partial charge in [-0.25, -0.2) is 9.37 Å². The van der Waals surface area contributed by atoms with Gasteiger partial charge in [-0.2, -0.15) is 13.2 Å². The number of benzene rings is 2. The number of fused-ring (bicyclic) bond motifs is 1. The van der Waals surface area contributed by atoms with E-state index in [0.717, 1.165) is 6.07 Å². The normalized spacial score (nSPS) is 11.2. The van der Waals surface area contributed by atoms with Crippen LogP contribution in [0.3, 0.4) is 0 Å². The third-order valence-electron chi connectivity index (χ3n) is 2.82. The van der Waals surface area contributed by atoms with E-state index in [4.69, 9.17) is 4.42 Å². The van der Waals surface area contributed by atoms with Crippen LogP contribution in [0.4, 0.5) is 17.6 Å². The maximum atomic E-state index is 13.7. The second-order valence-corrected chi connectivity index (χ2v) is 4.18. The highest BCUT2D eigenvalue weighted by atomic mass is 19.4. The van der Waals surface area contributed by atoms with Crippen molar-refractivity contribution in [1.82, 2.24) is 4.98 Å². The summed E-state index contributed by atoms with van der Waals surface area (Å²) in [7, 11) is 0. The van der Waals surface area contributed by atoms with Crippen LogP contribution < -0.4 is 0 Å². The molecular weight excluding hydrogens is 298 g/mol. The maximum absolute atomic E-state index is 13.7. The number of hydrogen-bond acceptors (Lipinski definition) is 2. The summed E-state index contributed by atoms with van der Waals surface area (Å²) in [6.07, 6.45) is -4.55. The fourth-order valence-corrected chi connectivity index (χ4v) is 1.85. The van der Waals surface area contributed by atoms with Crippen LogP contribution in [-0.4, -0.2) is 4.98 Å². The van der Waals surface area contributed by atoms with Crippen LogP contribution in [0.5, 0.6) is 0 Å². The molecule has 3 rings (SSSR count). The summed E-state index contributed by atoms with van der Waals surface area (Å²) in [4.78, 5) is 3.99. The van der Waals surface area contributed by atoms with E-state index in [2.05, 4.69) is 4.98 Å². The molecule has 22 heavy (non-hydrogen) atoms. The molecule has 0 saturated heterocycles. The summed E-state index contributed by atoms with van der Waals surface area (Å²) < 4.78 is 56.9. The highest BCUT2D eigenvalue weighted by molar-refractivity contribution is 5.76. The number of rotatable bonds is 1. The first-order valence-electron chi connectivity index (χ1n) is 6.68. The number of oxazole rings is 1. The number of para-hydroxylation sites is 2. The van der Waals surface area contributed by atoms with E-state index >= 15 is 0 Å². The smallest absolute Gasteiger partial charge is 0.416 e. The fourth-order valence-electron chi connectivity index (χ4n) is 1.85. The average Bonchev–Trinajstić information content (AvgIpc) is 2.92.